The van der Waals surface area contributed by atoms with Crippen LogP contribution in [0.2, 0.25) is 0 Å². The van der Waals surface area contributed by atoms with Crippen molar-refractivity contribution in [2.45, 2.75) is 26.3 Å². The first-order valence-electron chi connectivity index (χ1n) is 7.45. The molecule has 6 nitrogen and oxygen atoms in total. The third-order valence-corrected chi connectivity index (χ3v) is 4.86. The second-order valence-corrected chi connectivity index (χ2v) is 6.68. The molecule has 0 bridgehead atoms. The van der Waals surface area contributed by atoms with Gasteiger partial charge < -0.3 is 14.1 Å². The van der Waals surface area contributed by atoms with Crippen LogP contribution in [0.25, 0.3) is 0 Å². The van der Waals surface area contributed by atoms with Gasteiger partial charge in [0.2, 0.25) is 0 Å². The Morgan fingerprint density at radius 2 is 2.26 bits per heavy atom. The zero-order valence-corrected chi connectivity index (χ0v) is 13.9. The standard InChI is InChI=1S/C16H18N2O4S/c1-10-15(23-11(2)17-10)16(20)18-5-7-21-9-12(18)8-13(19)14-4-3-6-22-14/h3-4,6,12H,5,7-9H2,1-2H3/t12-/m1/s1. The molecule has 0 saturated carbocycles. The molecule has 23 heavy (non-hydrogen) atoms. The number of furan rings is 1. The maximum Gasteiger partial charge on any atom is 0.266 e. The van der Waals surface area contributed by atoms with Crippen LogP contribution in [0.3, 0.4) is 0 Å². The summed E-state index contributed by atoms with van der Waals surface area (Å²) in [6.07, 6.45) is 1.66. The number of thiazole rings is 1. The molecule has 1 saturated heterocycles. The Labute approximate surface area is 138 Å². The number of rotatable bonds is 4. The van der Waals surface area contributed by atoms with Crippen LogP contribution in [-0.4, -0.2) is 47.4 Å². The lowest BCUT2D eigenvalue weighted by Gasteiger charge is -2.35. The van der Waals surface area contributed by atoms with Crippen molar-refractivity contribution in [2.75, 3.05) is 19.8 Å². The average molecular weight is 334 g/mol. The molecular weight excluding hydrogens is 316 g/mol. The molecule has 1 amide bonds. The Kier molecular flexibility index (Phi) is 4.58. The van der Waals surface area contributed by atoms with E-state index in [0.717, 1.165) is 10.7 Å². The summed E-state index contributed by atoms with van der Waals surface area (Å²) in [6.45, 7) is 5.03. The van der Waals surface area contributed by atoms with Gasteiger partial charge in [0.15, 0.2) is 11.5 Å². The second kappa shape index (κ2) is 6.64. The van der Waals surface area contributed by atoms with Gasteiger partial charge >= 0.3 is 0 Å². The summed E-state index contributed by atoms with van der Waals surface area (Å²) in [5, 5.41) is 0.863. The van der Waals surface area contributed by atoms with E-state index in [1.54, 1.807) is 17.0 Å². The fourth-order valence-electron chi connectivity index (χ4n) is 2.70. The molecule has 3 rings (SSSR count). The van der Waals surface area contributed by atoms with Gasteiger partial charge in [-0.3, -0.25) is 9.59 Å². The molecule has 2 aromatic heterocycles. The maximum atomic E-state index is 12.8. The van der Waals surface area contributed by atoms with Gasteiger partial charge in [-0.15, -0.1) is 11.3 Å². The molecule has 122 valence electrons. The van der Waals surface area contributed by atoms with Crippen molar-refractivity contribution in [1.82, 2.24) is 9.88 Å². The third-order valence-electron chi connectivity index (χ3n) is 3.80. The lowest BCUT2D eigenvalue weighted by atomic mass is 10.1. The van der Waals surface area contributed by atoms with Crippen molar-refractivity contribution < 1.29 is 18.7 Å². The second-order valence-electron chi connectivity index (χ2n) is 5.48. The molecule has 0 aliphatic carbocycles. The number of morpholine rings is 1. The van der Waals surface area contributed by atoms with Gasteiger partial charge in [-0.1, -0.05) is 0 Å². The van der Waals surface area contributed by atoms with E-state index in [4.69, 9.17) is 9.15 Å². The molecule has 1 aliphatic heterocycles. The first kappa shape index (κ1) is 15.9. The van der Waals surface area contributed by atoms with Crippen molar-refractivity contribution in [1.29, 1.82) is 0 Å². The van der Waals surface area contributed by atoms with Gasteiger partial charge in [-0.25, -0.2) is 4.98 Å². The molecule has 0 N–H and O–H groups in total. The molecule has 0 aromatic carbocycles. The summed E-state index contributed by atoms with van der Waals surface area (Å²) < 4.78 is 10.6. The van der Waals surface area contributed by atoms with Crippen LogP contribution in [0.4, 0.5) is 0 Å². The normalized spacial score (nSPS) is 18.2. The minimum atomic E-state index is -0.282. The number of Topliss-reactive ketones (excluding diaryl/α,β-unsaturated/α-hetero) is 1. The number of nitrogens with zero attached hydrogens (tertiary/aromatic N) is 2. The van der Waals surface area contributed by atoms with Crippen molar-refractivity contribution >= 4 is 23.0 Å². The molecule has 3 heterocycles. The van der Waals surface area contributed by atoms with Crippen LogP contribution < -0.4 is 0 Å². The van der Waals surface area contributed by atoms with E-state index >= 15 is 0 Å². The Morgan fingerprint density at radius 3 is 2.91 bits per heavy atom. The quantitative estimate of drug-likeness (QED) is 0.803. The molecule has 1 fully saturated rings. The van der Waals surface area contributed by atoms with E-state index in [2.05, 4.69) is 4.98 Å². The molecule has 0 unspecified atom stereocenters. The van der Waals surface area contributed by atoms with Gasteiger partial charge in [-0.2, -0.15) is 0 Å². The average Bonchev–Trinajstić information content (AvgIpc) is 3.17. The Hall–Kier alpha value is -1.99. The number of aryl methyl sites for hydroxylation is 2. The largest absolute Gasteiger partial charge is 0.461 e. The highest BCUT2D eigenvalue weighted by Gasteiger charge is 2.32. The summed E-state index contributed by atoms with van der Waals surface area (Å²) in [4.78, 5) is 31.7. The summed E-state index contributed by atoms with van der Waals surface area (Å²) in [6, 6.07) is 3.03. The number of amides is 1. The van der Waals surface area contributed by atoms with E-state index in [1.165, 1.54) is 17.6 Å². The summed E-state index contributed by atoms with van der Waals surface area (Å²) in [5.41, 5.74) is 0.736. The number of carbonyl (C=O) groups is 2. The maximum absolute atomic E-state index is 12.8. The smallest absolute Gasteiger partial charge is 0.266 e. The monoisotopic (exact) mass is 334 g/mol. The van der Waals surface area contributed by atoms with Crippen LogP contribution in [0, 0.1) is 13.8 Å². The Morgan fingerprint density at radius 1 is 1.43 bits per heavy atom. The Bertz CT molecular complexity index is 708. The van der Waals surface area contributed by atoms with Gasteiger partial charge in [0.05, 0.1) is 36.2 Å². The first-order valence-corrected chi connectivity index (χ1v) is 8.27. The van der Waals surface area contributed by atoms with E-state index < -0.39 is 0 Å². The number of aromatic nitrogens is 1. The fraction of sp³-hybridized carbons (Fsp3) is 0.438. The molecule has 0 spiro atoms. The van der Waals surface area contributed by atoms with Crippen LogP contribution in [0.1, 0.15) is 37.3 Å². The highest BCUT2D eigenvalue weighted by molar-refractivity contribution is 7.13. The minimum Gasteiger partial charge on any atom is -0.461 e. The van der Waals surface area contributed by atoms with Crippen LogP contribution in [0.5, 0.6) is 0 Å². The lowest BCUT2D eigenvalue weighted by molar-refractivity contribution is -0.00282. The molecular formula is C16H18N2O4S. The van der Waals surface area contributed by atoms with Gasteiger partial charge in [0, 0.05) is 13.0 Å². The number of hydrogen-bond donors (Lipinski definition) is 0. The van der Waals surface area contributed by atoms with Crippen molar-refractivity contribution in [2.24, 2.45) is 0 Å². The number of hydrogen-bond acceptors (Lipinski definition) is 6. The van der Waals surface area contributed by atoms with Crippen molar-refractivity contribution in [3.63, 3.8) is 0 Å². The van der Waals surface area contributed by atoms with Gasteiger partial charge in [-0.05, 0) is 26.0 Å². The Balaban J connectivity index is 1.77. The van der Waals surface area contributed by atoms with E-state index in [9.17, 15) is 9.59 Å². The summed E-state index contributed by atoms with van der Waals surface area (Å²) in [5.74, 6) is 0.113. The number of ether oxygens (including phenoxy) is 1. The molecule has 7 heteroatoms. The van der Waals surface area contributed by atoms with E-state index in [0.29, 0.717) is 30.4 Å². The number of carbonyl (C=O) groups excluding carboxylic acids is 2. The predicted molar refractivity (Wildman–Crippen MR) is 84.9 cm³/mol. The lowest BCUT2D eigenvalue weighted by Crippen LogP contribution is -2.49. The highest BCUT2D eigenvalue weighted by Crippen LogP contribution is 2.23. The summed E-state index contributed by atoms with van der Waals surface area (Å²) >= 11 is 1.39. The molecule has 2 aromatic rings. The van der Waals surface area contributed by atoms with Crippen LogP contribution in [-0.2, 0) is 4.74 Å². The number of ketones is 1. The van der Waals surface area contributed by atoms with Crippen molar-refractivity contribution in [3.05, 3.63) is 39.7 Å². The summed E-state index contributed by atoms with van der Waals surface area (Å²) in [7, 11) is 0. The predicted octanol–water partition coefficient (Wildman–Crippen LogP) is 2.47. The zero-order valence-electron chi connectivity index (χ0n) is 13.1. The SMILES string of the molecule is Cc1nc(C)c(C(=O)N2CCOC[C@H]2CC(=O)c2ccco2)s1. The topological polar surface area (TPSA) is 72.6 Å². The zero-order chi connectivity index (χ0) is 16.4. The third kappa shape index (κ3) is 3.35. The van der Waals surface area contributed by atoms with Gasteiger partial charge in [0.1, 0.15) is 4.88 Å². The van der Waals surface area contributed by atoms with Crippen LogP contribution in [0.15, 0.2) is 22.8 Å². The van der Waals surface area contributed by atoms with Crippen molar-refractivity contribution in [3.8, 4) is 0 Å². The molecule has 0 radical (unpaired) electrons. The molecule has 1 aliphatic rings. The van der Waals surface area contributed by atoms with Crippen LogP contribution >= 0.6 is 11.3 Å². The van der Waals surface area contributed by atoms with E-state index in [1.807, 2.05) is 13.8 Å². The van der Waals surface area contributed by atoms with Gasteiger partial charge in [0.25, 0.3) is 5.91 Å². The fourth-order valence-corrected chi connectivity index (χ4v) is 3.58. The highest BCUT2D eigenvalue weighted by atomic mass is 32.1. The molecule has 1 atom stereocenters. The van der Waals surface area contributed by atoms with E-state index in [-0.39, 0.29) is 24.2 Å². The first-order chi connectivity index (χ1) is 11.1. The minimum absolute atomic E-state index is 0.0753.